The van der Waals surface area contributed by atoms with E-state index in [2.05, 4.69) is 63.6 Å². The van der Waals surface area contributed by atoms with Gasteiger partial charge in [0.2, 0.25) is 5.91 Å². The number of thioether (sulfide) groups is 1. The number of benzene rings is 2. The zero-order valence-electron chi connectivity index (χ0n) is 15.4. The molecule has 2 heterocycles. The first-order valence-corrected chi connectivity index (χ1v) is 11.0. The van der Waals surface area contributed by atoms with Crippen molar-refractivity contribution in [3.8, 4) is 0 Å². The maximum Gasteiger partial charge on any atom is 0.234 e. The molecule has 0 saturated heterocycles. The number of hydrogen-bond acceptors (Lipinski definition) is 4. The number of nitrogens with zero attached hydrogens (tertiary/aromatic N) is 2. The summed E-state index contributed by atoms with van der Waals surface area (Å²) in [5, 5.41) is 8.55. The third-order valence-corrected chi connectivity index (χ3v) is 6.31. The highest BCUT2D eigenvalue weighted by Crippen LogP contribution is 2.31. The number of nitrogens with one attached hydrogen (secondary N) is 1. The molecule has 0 atom stereocenters. The Hall–Kier alpha value is -2.31. The van der Waals surface area contributed by atoms with Gasteiger partial charge in [0.1, 0.15) is 0 Å². The molecule has 6 heteroatoms. The van der Waals surface area contributed by atoms with Gasteiger partial charge in [-0.1, -0.05) is 18.2 Å². The van der Waals surface area contributed by atoms with Gasteiger partial charge in [0.15, 0.2) is 0 Å². The van der Waals surface area contributed by atoms with Gasteiger partial charge in [-0.15, -0.1) is 23.1 Å². The molecule has 1 N–H and O–H groups in total. The largest absolute Gasteiger partial charge is 0.341 e. The number of hydrogen-bond donors (Lipinski definition) is 1. The van der Waals surface area contributed by atoms with Gasteiger partial charge in [-0.2, -0.15) is 0 Å². The lowest BCUT2D eigenvalue weighted by Gasteiger charge is -2.06. The molecule has 0 spiro atoms. The monoisotopic (exact) mass is 395 g/mol. The van der Waals surface area contributed by atoms with Gasteiger partial charge in [0, 0.05) is 45.2 Å². The van der Waals surface area contributed by atoms with E-state index in [1.165, 1.54) is 21.8 Å². The molecule has 0 saturated carbocycles. The Balaban J connectivity index is 1.49. The van der Waals surface area contributed by atoms with E-state index in [0.717, 1.165) is 28.7 Å². The van der Waals surface area contributed by atoms with Gasteiger partial charge in [-0.05, 0) is 38.1 Å². The van der Waals surface area contributed by atoms with Crippen LogP contribution in [0.1, 0.15) is 17.6 Å². The van der Waals surface area contributed by atoms with Gasteiger partial charge in [0.25, 0.3) is 0 Å². The summed E-state index contributed by atoms with van der Waals surface area (Å²) < 4.78 is 2.31. The van der Waals surface area contributed by atoms with Crippen molar-refractivity contribution < 1.29 is 4.79 Å². The Bertz CT molecular complexity index is 1110. The minimum atomic E-state index is 0.0190. The second kappa shape index (κ2) is 7.74. The van der Waals surface area contributed by atoms with Crippen molar-refractivity contribution >= 4 is 56.5 Å². The summed E-state index contributed by atoms with van der Waals surface area (Å²) >= 11 is 3.23. The number of para-hydroxylation sites is 1. The molecule has 4 aromatic rings. The number of carbonyl (C=O) groups excluding carboxylic acids is 1. The van der Waals surface area contributed by atoms with Crippen molar-refractivity contribution in [2.24, 2.45) is 0 Å². The average Bonchev–Trinajstić information content (AvgIpc) is 3.22. The molecule has 2 aromatic heterocycles. The summed E-state index contributed by atoms with van der Waals surface area (Å²) in [6.45, 7) is 5.07. The van der Waals surface area contributed by atoms with Crippen molar-refractivity contribution in [3.05, 3.63) is 58.5 Å². The highest BCUT2D eigenvalue weighted by Gasteiger charge is 2.11. The number of fused-ring (bicyclic) bond motifs is 3. The minimum Gasteiger partial charge on any atom is -0.341 e. The van der Waals surface area contributed by atoms with Gasteiger partial charge in [0.05, 0.1) is 16.5 Å². The summed E-state index contributed by atoms with van der Waals surface area (Å²) in [6, 6.07) is 14.6. The van der Waals surface area contributed by atoms with Gasteiger partial charge in [-0.3, -0.25) is 4.79 Å². The molecule has 0 bridgehead atoms. The highest BCUT2D eigenvalue weighted by molar-refractivity contribution is 7.99. The Morgan fingerprint density at radius 1 is 1.19 bits per heavy atom. The second-order valence-corrected chi connectivity index (χ2v) is 8.44. The molecule has 0 unspecified atom stereocenters. The summed E-state index contributed by atoms with van der Waals surface area (Å²) in [7, 11) is 0. The van der Waals surface area contributed by atoms with Crippen LogP contribution >= 0.6 is 23.1 Å². The van der Waals surface area contributed by atoms with Crippen LogP contribution in [0.5, 0.6) is 0 Å². The minimum absolute atomic E-state index is 0.0190. The Morgan fingerprint density at radius 3 is 2.78 bits per heavy atom. The molecule has 0 radical (unpaired) electrons. The Labute approximate surface area is 166 Å². The van der Waals surface area contributed by atoms with E-state index in [1.807, 2.05) is 13.0 Å². The van der Waals surface area contributed by atoms with Gasteiger partial charge in [-0.25, -0.2) is 4.98 Å². The fourth-order valence-electron chi connectivity index (χ4n) is 3.39. The average molecular weight is 396 g/mol. The number of thiazole rings is 1. The van der Waals surface area contributed by atoms with Crippen molar-refractivity contribution in [2.75, 3.05) is 11.1 Å². The quantitative estimate of drug-likeness (QED) is 0.472. The number of carbonyl (C=O) groups is 1. The molecule has 2 aromatic carbocycles. The van der Waals surface area contributed by atoms with Crippen LogP contribution in [0.3, 0.4) is 0 Å². The van der Waals surface area contributed by atoms with Crippen LogP contribution in [0, 0.1) is 6.92 Å². The third kappa shape index (κ3) is 3.73. The lowest BCUT2D eigenvalue weighted by atomic mass is 10.1. The van der Waals surface area contributed by atoms with Crippen molar-refractivity contribution in [1.29, 1.82) is 0 Å². The predicted octanol–water partition coefficient (Wildman–Crippen LogP) is 5.45. The van der Waals surface area contributed by atoms with E-state index < -0.39 is 0 Å². The number of anilines is 1. The lowest BCUT2D eigenvalue weighted by molar-refractivity contribution is -0.113. The predicted molar refractivity (Wildman–Crippen MR) is 117 cm³/mol. The molecule has 0 aliphatic rings. The smallest absolute Gasteiger partial charge is 0.234 e. The highest BCUT2D eigenvalue weighted by atomic mass is 32.2. The number of aryl methyl sites for hydroxylation is 2. The SMILES string of the molecule is CCn1c2ccccc2c2cc(NC(=O)CSCc3csc(C)n3)ccc21. The molecule has 27 heavy (non-hydrogen) atoms. The zero-order valence-corrected chi connectivity index (χ0v) is 17.0. The Morgan fingerprint density at radius 2 is 2.00 bits per heavy atom. The number of rotatable bonds is 6. The fourth-order valence-corrected chi connectivity index (χ4v) is 4.83. The number of aromatic nitrogens is 2. The molecule has 4 rings (SSSR count). The van der Waals surface area contributed by atoms with Crippen LogP contribution < -0.4 is 5.32 Å². The van der Waals surface area contributed by atoms with Crippen molar-refractivity contribution in [2.45, 2.75) is 26.1 Å². The van der Waals surface area contributed by atoms with Crippen LogP contribution in [-0.4, -0.2) is 21.2 Å². The second-order valence-electron chi connectivity index (χ2n) is 6.39. The van der Waals surface area contributed by atoms with E-state index >= 15 is 0 Å². The maximum absolute atomic E-state index is 12.3. The summed E-state index contributed by atoms with van der Waals surface area (Å²) in [5.41, 5.74) is 4.32. The van der Waals surface area contributed by atoms with E-state index in [9.17, 15) is 4.79 Å². The molecule has 138 valence electrons. The summed E-state index contributed by atoms with van der Waals surface area (Å²) in [4.78, 5) is 16.7. The standard InChI is InChI=1S/C21H21N3OS2/c1-3-24-19-7-5-4-6-17(19)18-10-15(8-9-20(18)24)23-21(25)13-26-11-16-12-27-14(2)22-16/h4-10,12H,3,11,13H2,1-2H3,(H,23,25). The normalized spacial score (nSPS) is 11.3. The molecular weight excluding hydrogens is 374 g/mol. The first-order chi connectivity index (χ1) is 13.2. The van der Waals surface area contributed by atoms with Crippen LogP contribution in [-0.2, 0) is 17.1 Å². The van der Waals surface area contributed by atoms with Crippen LogP contribution in [0.15, 0.2) is 47.8 Å². The van der Waals surface area contributed by atoms with Crippen LogP contribution in [0.4, 0.5) is 5.69 Å². The summed E-state index contributed by atoms with van der Waals surface area (Å²) in [6.07, 6.45) is 0. The number of amides is 1. The van der Waals surface area contributed by atoms with Crippen LogP contribution in [0.2, 0.25) is 0 Å². The van der Waals surface area contributed by atoms with E-state index in [0.29, 0.717) is 5.75 Å². The van der Waals surface area contributed by atoms with E-state index in [1.54, 1.807) is 23.1 Å². The third-order valence-electron chi connectivity index (χ3n) is 4.52. The topological polar surface area (TPSA) is 46.9 Å². The molecular formula is C21H21N3OS2. The van der Waals surface area contributed by atoms with Crippen molar-refractivity contribution in [1.82, 2.24) is 9.55 Å². The van der Waals surface area contributed by atoms with Gasteiger partial charge >= 0.3 is 0 Å². The Kier molecular flexibility index (Phi) is 5.18. The zero-order chi connectivity index (χ0) is 18.8. The molecule has 0 fully saturated rings. The molecule has 0 aliphatic heterocycles. The molecule has 0 aliphatic carbocycles. The van der Waals surface area contributed by atoms with E-state index in [-0.39, 0.29) is 5.91 Å². The van der Waals surface area contributed by atoms with Crippen molar-refractivity contribution in [3.63, 3.8) is 0 Å². The first-order valence-electron chi connectivity index (χ1n) is 8.95. The summed E-state index contributed by atoms with van der Waals surface area (Å²) in [5.74, 6) is 1.21. The lowest BCUT2D eigenvalue weighted by Crippen LogP contribution is -2.14. The van der Waals surface area contributed by atoms with Gasteiger partial charge < -0.3 is 9.88 Å². The fraction of sp³-hybridized carbons (Fsp3) is 0.238. The molecule has 4 nitrogen and oxygen atoms in total. The van der Waals surface area contributed by atoms with Crippen LogP contribution in [0.25, 0.3) is 21.8 Å². The maximum atomic E-state index is 12.3. The first kappa shape index (κ1) is 18.1. The van der Waals surface area contributed by atoms with E-state index in [4.69, 9.17) is 0 Å². The molecule has 1 amide bonds.